The average Bonchev–Trinajstić information content (AvgIpc) is 2.80. The molecule has 0 aliphatic heterocycles. The van der Waals surface area contributed by atoms with Gasteiger partial charge in [0, 0.05) is 10.2 Å². The third-order valence-corrected chi connectivity index (χ3v) is 4.71. The molecule has 0 saturated carbocycles. The lowest BCUT2D eigenvalue weighted by Crippen LogP contribution is -2.13. The standard InChI is InChI=1S/C24H17BrN2O4/c1-30-22-14-16(7-12-21(22)31-24(29)17-5-3-2-4-6-17)13-18(15-26)23(28)27-20-10-8-19(25)9-11-20/h2-14H,1H3,(H,27,28)/b18-13+. The Morgan fingerprint density at radius 2 is 1.71 bits per heavy atom. The third kappa shape index (κ3) is 5.81. The summed E-state index contributed by atoms with van der Waals surface area (Å²) in [5.41, 5.74) is 1.43. The van der Waals surface area contributed by atoms with Crippen molar-refractivity contribution in [2.45, 2.75) is 0 Å². The lowest BCUT2D eigenvalue weighted by molar-refractivity contribution is -0.112. The summed E-state index contributed by atoms with van der Waals surface area (Å²) in [6, 6.07) is 22.2. The normalized spacial score (nSPS) is 10.7. The number of carbonyl (C=O) groups excluding carboxylic acids is 2. The van der Waals surface area contributed by atoms with Gasteiger partial charge in [-0.2, -0.15) is 5.26 Å². The Morgan fingerprint density at radius 1 is 1.00 bits per heavy atom. The molecule has 3 aromatic rings. The summed E-state index contributed by atoms with van der Waals surface area (Å²) in [4.78, 5) is 24.7. The Balaban J connectivity index is 1.79. The molecule has 0 aromatic heterocycles. The number of nitrogens with zero attached hydrogens (tertiary/aromatic N) is 1. The molecular weight excluding hydrogens is 460 g/mol. The molecule has 154 valence electrons. The van der Waals surface area contributed by atoms with Gasteiger partial charge in [0.15, 0.2) is 11.5 Å². The molecule has 0 radical (unpaired) electrons. The van der Waals surface area contributed by atoms with Crippen molar-refractivity contribution >= 4 is 39.6 Å². The summed E-state index contributed by atoms with van der Waals surface area (Å²) < 4.78 is 11.6. The number of carbonyl (C=O) groups is 2. The summed E-state index contributed by atoms with van der Waals surface area (Å²) >= 11 is 3.33. The second-order valence-corrected chi connectivity index (χ2v) is 7.21. The molecule has 0 fully saturated rings. The highest BCUT2D eigenvalue weighted by Crippen LogP contribution is 2.30. The van der Waals surface area contributed by atoms with E-state index in [1.54, 1.807) is 72.8 Å². The molecule has 31 heavy (non-hydrogen) atoms. The van der Waals surface area contributed by atoms with Crippen LogP contribution in [-0.4, -0.2) is 19.0 Å². The van der Waals surface area contributed by atoms with E-state index in [9.17, 15) is 14.9 Å². The summed E-state index contributed by atoms with van der Waals surface area (Å²) in [6.45, 7) is 0. The van der Waals surface area contributed by atoms with Crippen molar-refractivity contribution in [3.63, 3.8) is 0 Å². The van der Waals surface area contributed by atoms with Crippen molar-refractivity contribution in [2.75, 3.05) is 12.4 Å². The molecule has 0 aliphatic carbocycles. The van der Waals surface area contributed by atoms with E-state index in [1.807, 2.05) is 6.07 Å². The van der Waals surface area contributed by atoms with Crippen LogP contribution in [0.4, 0.5) is 5.69 Å². The second-order valence-electron chi connectivity index (χ2n) is 6.30. The highest BCUT2D eigenvalue weighted by atomic mass is 79.9. The van der Waals surface area contributed by atoms with Gasteiger partial charge in [-0.3, -0.25) is 4.79 Å². The van der Waals surface area contributed by atoms with E-state index in [4.69, 9.17) is 9.47 Å². The van der Waals surface area contributed by atoms with Gasteiger partial charge in [0.2, 0.25) is 0 Å². The number of halogens is 1. The minimum Gasteiger partial charge on any atom is -0.493 e. The first-order chi connectivity index (χ1) is 15.0. The lowest BCUT2D eigenvalue weighted by Gasteiger charge is -2.10. The number of hydrogen-bond donors (Lipinski definition) is 1. The topological polar surface area (TPSA) is 88.4 Å². The number of esters is 1. The molecule has 1 N–H and O–H groups in total. The van der Waals surface area contributed by atoms with Gasteiger partial charge in [0.1, 0.15) is 11.6 Å². The van der Waals surface area contributed by atoms with Crippen LogP contribution in [0.3, 0.4) is 0 Å². The molecule has 0 heterocycles. The zero-order valence-corrected chi connectivity index (χ0v) is 18.0. The fourth-order valence-corrected chi connectivity index (χ4v) is 2.90. The van der Waals surface area contributed by atoms with Crippen molar-refractivity contribution in [1.82, 2.24) is 0 Å². The largest absolute Gasteiger partial charge is 0.493 e. The van der Waals surface area contributed by atoms with Crippen LogP contribution in [0.5, 0.6) is 11.5 Å². The lowest BCUT2D eigenvalue weighted by atomic mass is 10.1. The smallest absolute Gasteiger partial charge is 0.343 e. The Labute approximate surface area is 187 Å². The van der Waals surface area contributed by atoms with E-state index in [0.717, 1.165) is 4.47 Å². The minimum absolute atomic E-state index is 0.0843. The predicted molar refractivity (Wildman–Crippen MR) is 121 cm³/mol. The number of hydrogen-bond acceptors (Lipinski definition) is 5. The third-order valence-electron chi connectivity index (χ3n) is 4.18. The van der Waals surface area contributed by atoms with Crippen LogP contribution in [-0.2, 0) is 4.79 Å². The number of rotatable bonds is 6. The number of ether oxygens (including phenoxy) is 2. The van der Waals surface area contributed by atoms with Gasteiger partial charge in [-0.1, -0.05) is 40.2 Å². The quantitative estimate of drug-likeness (QED) is 0.228. The van der Waals surface area contributed by atoms with Gasteiger partial charge in [-0.15, -0.1) is 0 Å². The van der Waals surface area contributed by atoms with Gasteiger partial charge in [0.05, 0.1) is 12.7 Å². The molecule has 3 rings (SSSR count). The number of nitrogens with one attached hydrogen (secondary N) is 1. The summed E-state index contributed by atoms with van der Waals surface area (Å²) in [6.07, 6.45) is 1.43. The molecule has 0 aliphatic rings. The Kier molecular flexibility index (Phi) is 7.20. The molecule has 6 nitrogen and oxygen atoms in total. The minimum atomic E-state index is -0.539. The monoisotopic (exact) mass is 476 g/mol. The first-order valence-corrected chi connectivity index (χ1v) is 9.93. The molecule has 0 unspecified atom stereocenters. The van der Waals surface area contributed by atoms with Crippen LogP contribution in [0.2, 0.25) is 0 Å². The highest BCUT2D eigenvalue weighted by molar-refractivity contribution is 9.10. The summed E-state index contributed by atoms with van der Waals surface area (Å²) in [5, 5.41) is 12.1. The molecule has 1 amide bonds. The van der Waals surface area contributed by atoms with Crippen molar-refractivity contribution in [3.8, 4) is 17.6 Å². The molecule has 0 atom stereocenters. The molecule has 0 spiro atoms. The highest BCUT2D eigenvalue weighted by Gasteiger charge is 2.14. The Hall–Kier alpha value is -3.89. The fraction of sp³-hybridized carbons (Fsp3) is 0.0417. The van der Waals surface area contributed by atoms with E-state index < -0.39 is 11.9 Å². The van der Waals surface area contributed by atoms with Crippen LogP contribution in [0.15, 0.2) is 82.8 Å². The number of benzene rings is 3. The maximum absolute atomic E-state index is 12.4. The predicted octanol–water partition coefficient (Wildman–Crippen LogP) is 5.22. The molecule has 0 saturated heterocycles. The first kappa shape index (κ1) is 21.8. The number of amides is 1. The zero-order valence-electron chi connectivity index (χ0n) is 16.5. The van der Waals surface area contributed by atoms with Crippen molar-refractivity contribution in [2.24, 2.45) is 0 Å². The van der Waals surface area contributed by atoms with Crippen molar-refractivity contribution < 1.29 is 19.1 Å². The fourth-order valence-electron chi connectivity index (χ4n) is 2.64. The van der Waals surface area contributed by atoms with Crippen molar-refractivity contribution in [3.05, 3.63) is 94.0 Å². The second kappa shape index (κ2) is 10.2. The zero-order chi connectivity index (χ0) is 22.2. The van der Waals surface area contributed by atoms with Crippen molar-refractivity contribution in [1.29, 1.82) is 5.26 Å². The van der Waals surface area contributed by atoms with Crippen LogP contribution in [0.1, 0.15) is 15.9 Å². The number of nitriles is 1. The van der Waals surface area contributed by atoms with E-state index in [2.05, 4.69) is 21.2 Å². The average molecular weight is 477 g/mol. The van der Waals surface area contributed by atoms with E-state index in [0.29, 0.717) is 22.6 Å². The molecule has 0 bridgehead atoms. The SMILES string of the molecule is COc1cc(/C=C(\C#N)C(=O)Nc2ccc(Br)cc2)ccc1OC(=O)c1ccccc1. The maximum Gasteiger partial charge on any atom is 0.343 e. The van der Waals surface area contributed by atoms with E-state index >= 15 is 0 Å². The molecule has 3 aromatic carbocycles. The van der Waals surface area contributed by atoms with E-state index in [-0.39, 0.29) is 11.3 Å². The van der Waals surface area contributed by atoms with Gasteiger partial charge in [-0.25, -0.2) is 4.79 Å². The van der Waals surface area contributed by atoms with Gasteiger partial charge < -0.3 is 14.8 Å². The first-order valence-electron chi connectivity index (χ1n) is 9.14. The van der Waals surface area contributed by atoms with Crippen LogP contribution in [0, 0.1) is 11.3 Å². The van der Waals surface area contributed by atoms with Crippen LogP contribution >= 0.6 is 15.9 Å². The summed E-state index contributed by atoms with van der Waals surface area (Å²) in [7, 11) is 1.44. The number of methoxy groups -OCH3 is 1. The van der Waals surface area contributed by atoms with Crippen LogP contribution < -0.4 is 14.8 Å². The Bertz CT molecular complexity index is 1170. The maximum atomic E-state index is 12.4. The molecular formula is C24H17BrN2O4. The van der Waals surface area contributed by atoms with Gasteiger partial charge in [0.25, 0.3) is 5.91 Å². The summed E-state index contributed by atoms with van der Waals surface area (Å²) in [5.74, 6) is -0.535. The van der Waals surface area contributed by atoms with Gasteiger partial charge in [-0.05, 0) is 60.2 Å². The van der Waals surface area contributed by atoms with Gasteiger partial charge >= 0.3 is 5.97 Å². The molecule has 7 heteroatoms. The Morgan fingerprint density at radius 3 is 2.35 bits per heavy atom. The van der Waals surface area contributed by atoms with E-state index in [1.165, 1.54) is 13.2 Å². The van der Waals surface area contributed by atoms with Crippen LogP contribution in [0.25, 0.3) is 6.08 Å². The number of anilines is 1.